The molecule has 0 fully saturated rings. The molecule has 4 aromatic rings. The first-order valence-electron chi connectivity index (χ1n) is 8.69. The Labute approximate surface area is 168 Å². The topological polar surface area (TPSA) is 143 Å². The predicted molar refractivity (Wildman–Crippen MR) is 102 cm³/mol. The first-order chi connectivity index (χ1) is 14.4. The van der Waals surface area contributed by atoms with Crippen LogP contribution in [0.4, 0.5) is 14.6 Å². The SMILES string of the molecule is CC(C(N)=O)n1cc(-c2cnc(N)c(-c3nnnn3-c3cccc(F)c3F)c2)cn1. The van der Waals surface area contributed by atoms with Gasteiger partial charge in [0, 0.05) is 23.5 Å². The summed E-state index contributed by atoms with van der Waals surface area (Å²) in [7, 11) is 0. The predicted octanol–water partition coefficient (Wildman–Crippen LogP) is 1.49. The van der Waals surface area contributed by atoms with Crippen LogP contribution in [0.1, 0.15) is 13.0 Å². The molecular formula is C18H15F2N9O. The first kappa shape index (κ1) is 19.1. The number of carbonyl (C=O) groups excluding carboxylic acids is 1. The van der Waals surface area contributed by atoms with E-state index in [1.807, 2.05) is 0 Å². The van der Waals surface area contributed by atoms with Gasteiger partial charge in [0.15, 0.2) is 17.5 Å². The molecule has 0 spiro atoms. The fourth-order valence-electron chi connectivity index (χ4n) is 2.81. The number of carbonyl (C=O) groups is 1. The minimum atomic E-state index is -1.10. The highest BCUT2D eigenvalue weighted by atomic mass is 19.2. The van der Waals surface area contributed by atoms with E-state index < -0.39 is 23.6 Å². The van der Waals surface area contributed by atoms with Gasteiger partial charge in [-0.1, -0.05) is 6.07 Å². The molecule has 0 aliphatic carbocycles. The summed E-state index contributed by atoms with van der Waals surface area (Å²) in [5.74, 6) is -2.51. The van der Waals surface area contributed by atoms with Crippen molar-refractivity contribution in [2.45, 2.75) is 13.0 Å². The van der Waals surface area contributed by atoms with E-state index in [4.69, 9.17) is 11.5 Å². The van der Waals surface area contributed by atoms with Crippen molar-refractivity contribution in [2.75, 3.05) is 5.73 Å². The zero-order valence-corrected chi connectivity index (χ0v) is 15.6. The lowest BCUT2D eigenvalue weighted by molar-refractivity contribution is -0.120. The molecular weight excluding hydrogens is 396 g/mol. The molecule has 0 aliphatic heterocycles. The highest BCUT2D eigenvalue weighted by Gasteiger charge is 2.20. The Kier molecular flexibility index (Phi) is 4.66. The number of halogens is 2. The number of tetrazole rings is 1. The number of nitrogens with two attached hydrogens (primary N) is 2. The number of aromatic nitrogens is 7. The van der Waals surface area contributed by atoms with Crippen LogP contribution in [0.3, 0.4) is 0 Å². The van der Waals surface area contributed by atoms with Gasteiger partial charge in [0.05, 0.1) is 11.8 Å². The molecule has 1 unspecified atom stereocenters. The van der Waals surface area contributed by atoms with E-state index in [1.54, 1.807) is 19.2 Å². The van der Waals surface area contributed by atoms with Crippen LogP contribution in [0.15, 0.2) is 42.9 Å². The number of amides is 1. The molecule has 0 bridgehead atoms. The summed E-state index contributed by atoms with van der Waals surface area (Å²) in [5.41, 5.74) is 12.7. The molecule has 1 amide bonds. The average Bonchev–Trinajstić information content (AvgIpc) is 3.40. The van der Waals surface area contributed by atoms with Crippen LogP contribution in [0.5, 0.6) is 0 Å². The van der Waals surface area contributed by atoms with Crippen LogP contribution in [0.2, 0.25) is 0 Å². The summed E-state index contributed by atoms with van der Waals surface area (Å²) in [5, 5.41) is 15.3. The largest absolute Gasteiger partial charge is 0.383 e. The van der Waals surface area contributed by atoms with Crippen molar-refractivity contribution in [3.05, 3.63) is 54.5 Å². The van der Waals surface area contributed by atoms with Crippen molar-refractivity contribution < 1.29 is 13.6 Å². The Balaban J connectivity index is 1.79. The third kappa shape index (κ3) is 3.23. The number of nitrogens with zero attached hydrogens (tertiary/aromatic N) is 7. The lowest BCUT2D eigenvalue weighted by Crippen LogP contribution is -2.24. The fourth-order valence-corrected chi connectivity index (χ4v) is 2.81. The van der Waals surface area contributed by atoms with Crippen LogP contribution in [-0.2, 0) is 4.79 Å². The highest BCUT2D eigenvalue weighted by molar-refractivity contribution is 5.78. The minimum Gasteiger partial charge on any atom is -0.383 e. The van der Waals surface area contributed by atoms with Crippen LogP contribution >= 0.6 is 0 Å². The third-order valence-corrected chi connectivity index (χ3v) is 4.53. The summed E-state index contributed by atoms with van der Waals surface area (Å²) in [6.07, 6.45) is 4.67. The van der Waals surface area contributed by atoms with E-state index in [0.29, 0.717) is 16.7 Å². The molecule has 10 nitrogen and oxygen atoms in total. The molecule has 152 valence electrons. The average molecular weight is 411 g/mol. The van der Waals surface area contributed by atoms with Crippen molar-refractivity contribution >= 4 is 11.7 Å². The standard InChI is InChI=1S/C18H15F2N9O/c1-9(17(22)30)28-8-11(7-24-28)10-5-12(16(21)23-6-10)18-25-26-27-29(18)14-4-2-3-13(19)15(14)20/h2-9H,1H3,(H2,21,23)(H2,22,30). The van der Waals surface area contributed by atoms with E-state index >= 15 is 0 Å². The third-order valence-electron chi connectivity index (χ3n) is 4.53. The minimum absolute atomic E-state index is 0.0734. The Morgan fingerprint density at radius 2 is 2.00 bits per heavy atom. The second kappa shape index (κ2) is 7.31. The molecule has 3 heterocycles. The molecule has 4 N–H and O–H groups in total. The van der Waals surface area contributed by atoms with Gasteiger partial charge in [0.25, 0.3) is 0 Å². The van der Waals surface area contributed by atoms with Crippen molar-refractivity contribution in [1.29, 1.82) is 0 Å². The van der Waals surface area contributed by atoms with E-state index in [9.17, 15) is 13.6 Å². The van der Waals surface area contributed by atoms with Crippen molar-refractivity contribution in [3.8, 4) is 28.2 Å². The number of anilines is 1. The number of primary amides is 1. The Bertz CT molecular complexity index is 1250. The number of nitrogen functional groups attached to an aromatic ring is 1. The molecule has 1 atom stereocenters. The van der Waals surface area contributed by atoms with Gasteiger partial charge in [-0.15, -0.1) is 5.10 Å². The number of benzene rings is 1. The van der Waals surface area contributed by atoms with Gasteiger partial charge in [0.1, 0.15) is 17.5 Å². The van der Waals surface area contributed by atoms with Gasteiger partial charge in [-0.05, 0) is 35.5 Å². The number of hydrogen-bond acceptors (Lipinski definition) is 7. The molecule has 0 aliphatic rings. The molecule has 30 heavy (non-hydrogen) atoms. The molecule has 0 saturated heterocycles. The summed E-state index contributed by atoms with van der Waals surface area (Å²) < 4.78 is 30.4. The number of hydrogen-bond donors (Lipinski definition) is 2. The van der Waals surface area contributed by atoms with E-state index in [0.717, 1.165) is 10.7 Å². The summed E-state index contributed by atoms with van der Waals surface area (Å²) in [6.45, 7) is 1.62. The molecule has 1 aromatic carbocycles. The monoisotopic (exact) mass is 411 g/mol. The van der Waals surface area contributed by atoms with Crippen molar-refractivity contribution in [2.24, 2.45) is 5.73 Å². The van der Waals surface area contributed by atoms with E-state index in [-0.39, 0.29) is 17.3 Å². The van der Waals surface area contributed by atoms with Gasteiger partial charge in [-0.25, -0.2) is 13.8 Å². The zero-order chi connectivity index (χ0) is 21.4. The Hall–Kier alpha value is -4.22. The zero-order valence-electron chi connectivity index (χ0n) is 15.6. The number of pyridine rings is 1. The van der Waals surface area contributed by atoms with Gasteiger partial charge in [-0.2, -0.15) is 9.78 Å². The lowest BCUT2D eigenvalue weighted by Gasteiger charge is -2.09. The molecule has 4 rings (SSSR count). The normalized spacial score (nSPS) is 12.1. The maximum atomic E-state index is 14.3. The van der Waals surface area contributed by atoms with Gasteiger partial charge in [0.2, 0.25) is 5.91 Å². The second-order valence-electron chi connectivity index (χ2n) is 6.43. The van der Waals surface area contributed by atoms with Crippen LogP contribution in [0.25, 0.3) is 28.2 Å². The summed E-state index contributed by atoms with van der Waals surface area (Å²) >= 11 is 0. The van der Waals surface area contributed by atoms with Crippen LogP contribution in [0, 0.1) is 11.6 Å². The van der Waals surface area contributed by atoms with Crippen molar-refractivity contribution in [1.82, 2.24) is 35.0 Å². The maximum absolute atomic E-state index is 14.3. The van der Waals surface area contributed by atoms with Crippen molar-refractivity contribution in [3.63, 3.8) is 0 Å². The molecule has 0 saturated carbocycles. The second-order valence-corrected chi connectivity index (χ2v) is 6.43. The molecule has 12 heteroatoms. The smallest absolute Gasteiger partial charge is 0.241 e. The van der Waals surface area contributed by atoms with E-state index in [1.165, 1.54) is 29.2 Å². The Morgan fingerprint density at radius 3 is 2.77 bits per heavy atom. The van der Waals surface area contributed by atoms with Crippen LogP contribution in [-0.4, -0.2) is 40.9 Å². The van der Waals surface area contributed by atoms with Gasteiger partial charge in [-0.3, -0.25) is 9.48 Å². The molecule has 0 radical (unpaired) electrons. The summed E-state index contributed by atoms with van der Waals surface area (Å²) in [6, 6.07) is 4.66. The first-order valence-corrected chi connectivity index (χ1v) is 8.69. The lowest BCUT2D eigenvalue weighted by atomic mass is 10.1. The van der Waals surface area contributed by atoms with Gasteiger partial charge < -0.3 is 11.5 Å². The quantitative estimate of drug-likeness (QED) is 0.506. The van der Waals surface area contributed by atoms with Gasteiger partial charge >= 0.3 is 0 Å². The fraction of sp³-hybridized carbons (Fsp3) is 0.111. The molecule has 3 aromatic heterocycles. The number of rotatable bonds is 5. The maximum Gasteiger partial charge on any atom is 0.241 e. The Morgan fingerprint density at radius 1 is 1.20 bits per heavy atom. The van der Waals surface area contributed by atoms with Crippen LogP contribution < -0.4 is 11.5 Å². The highest BCUT2D eigenvalue weighted by Crippen LogP contribution is 2.30. The van der Waals surface area contributed by atoms with E-state index in [2.05, 4.69) is 25.6 Å². The summed E-state index contributed by atoms with van der Waals surface area (Å²) in [4.78, 5) is 15.5.